The van der Waals surface area contributed by atoms with Crippen LogP contribution in [0.3, 0.4) is 0 Å². The summed E-state index contributed by atoms with van der Waals surface area (Å²) in [6, 6.07) is 84.0. The SMILES string of the molecule is CC1(C)c2ccccc2N(c2cc(-c3cc(N4c5ccccc5C(C)(C)c5ccccc54)c(C#N)cc3N3c4ccccc4C(C)(C)c4ccccc43)c(N3c4ccccc4C(C)(C)c4ccccc43)cc2C#N)c2ccccc21. The second-order valence-electron chi connectivity index (χ2n) is 24.0. The van der Waals surface area contributed by atoms with Gasteiger partial charge in [-0.2, -0.15) is 10.5 Å². The predicted octanol–water partition coefficient (Wildman–Crippen LogP) is 19.5. The number of anilines is 12. The van der Waals surface area contributed by atoms with E-state index in [1.54, 1.807) is 0 Å². The third-order valence-corrected chi connectivity index (χ3v) is 18.3. The molecule has 0 aromatic heterocycles. The van der Waals surface area contributed by atoms with E-state index in [1.165, 1.54) is 44.5 Å². The van der Waals surface area contributed by atoms with Gasteiger partial charge in [0.15, 0.2) is 0 Å². The van der Waals surface area contributed by atoms with Gasteiger partial charge in [-0.15, -0.1) is 0 Å². The van der Waals surface area contributed by atoms with Crippen molar-refractivity contribution in [2.24, 2.45) is 0 Å². The van der Waals surface area contributed by atoms with E-state index in [-0.39, 0.29) is 21.7 Å². The average Bonchev–Trinajstić information content (AvgIpc) is 2.55. The first-order chi connectivity index (χ1) is 38.7. The van der Waals surface area contributed by atoms with Crippen molar-refractivity contribution in [1.29, 1.82) is 10.5 Å². The number of hydrogen-bond donors (Lipinski definition) is 0. The van der Waals surface area contributed by atoms with Gasteiger partial charge in [0.2, 0.25) is 0 Å². The Balaban J connectivity index is 1.17. The Morgan fingerprint density at radius 3 is 0.600 bits per heavy atom. The minimum Gasteiger partial charge on any atom is -0.309 e. The summed E-state index contributed by atoms with van der Waals surface area (Å²) in [6.45, 7) is 18.4. The van der Waals surface area contributed by atoms with Gasteiger partial charge in [0.1, 0.15) is 12.1 Å². The molecular formula is C74H60N6. The van der Waals surface area contributed by atoms with E-state index in [1.807, 2.05) is 0 Å². The third-order valence-electron chi connectivity index (χ3n) is 18.3. The van der Waals surface area contributed by atoms with Gasteiger partial charge in [-0.25, -0.2) is 0 Å². The lowest BCUT2D eigenvalue weighted by atomic mass is 9.73. The van der Waals surface area contributed by atoms with Gasteiger partial charge in [0.05, 0.1) is 79.4 Å². The lowest BCUT2D eigenvalue weighted by Crippen LogP contribution is -2.32. The Morgan fingerprint density at radius 2 is 0.412 bits per heavy atom. The molecule has 4 aliphatic heterocycles. The van der Waals surface area contributed by atoms with Crippen molar-refractivity contribution >= 4 is 68.2 Å². The van der Waals surface area contributed by atoms with Crippen molar-refractivity contribution in [3.63, 3.8) is 0 Å². The molecule has 80 heavy (non-hydrogen) atoms. The Hall–Kier alpha value is -9.62. The van der Waals surface area contributed by atoms with Crippen molar-refractivity contribution in [3.8, 4) is 23.3 Å². The molecule has 6 heteroatoms. The normalized spacial score (nSPS) is 16.0. The largest absolute Gasteiger partial charge is 0.309 e. The number of fused-ring (bicyclic) bond motifs is 8. The molecule has 0 amide bonds. The summed E-state index contributed by atoms with van der Waals surface area (Å²) < 4.78 is 0. The maximum absolute atomic E-state index is 11.9. The van der Waals surface area contributed by atoms with Gasteiger partial charge in [0.25, 0.3) is 0 Å². The molecule has 6 nitrogen and oxygen atoms in total. The predicted molar refractivity (Wildman–Crippen MR) is 329 cm³/mol. The monoisotopic (exact) mass is 1030 g/mol. The first kappa shape index (κ1) is 48.7. The minimum absolute atomic E-state index is 0.332. The number of nitrogens with zero attached hydrogens (tertiary/aromatic N) is 6. The zero-order valence-corrected chi connectivity index (χ0v) is 46.5. The molecule has 0 spiro atoms. The highest BCUT2D eigenvalue weighted by Crippen LogP contribution is 2.61. The van der Waals surface area contributed by atoms with Gasteiger partial charge in [-0.1, -0.05) is 201 Å². The molecule has 10 aromatic carbocycles. The van der Waals surface area contributed by atoms with Crippen LogP contribution in [0.4, 0.5) is 68.2 Å². The molecule has 0 saturated carbocycles. The van der Waals surface area contributed by atoms with Crippen LogP contribution in [0.25, 0.3) is 11.1 Å². The number of para-hydroxylation sites is 8. The van der Waals surface area contributed by atoms with E-state index >= 15 is 0 Å². The van der Waals surface area contributed by atoms with Gasteiger partial charge >= 0.3 is 0 Å². The molecule has 14 rings (SSSR count). The average molecular weight is 1030 g/mol. The summed E-state index contributed by atoms with van der Waals surface area (Å²) in [5.41, 5.74) is 22.3. The first-order valence-electron chi connectivity index (χ1n) is 27.8. The molecule has 0 fully saturated rings. The summed E-state index contributed by atoms with van der Waals surface area (Å²) in [4.78, 5) is 9.43. The van der Waals surface area contributed by atoms with Crippen LogP contribution in [-0.2, 0) is 21.7 Å². The number of benzene rings is 10. The van der Waals surface area contributed by atoms with Gasteiger partial charge in [-0.3, -0.25) is 0 Å². The van der Waals surface area contributed by atoms with Crippen molar-refractivity contribution < 1.29 is 0 Å². The van der Waals surface area contributed by atoms with E-state index in [0.717, 1.165) is 79.4 Å². The van der Waals surface area contributed by atoms with E-state index in [2.05, 4.69) is 306 Å². The van der Waals surface area contributed by atoms with Gasteiger partial charge < -0.3 is 19.6 Å². The van der Waals surface area contributed by atoms with E-state index in [0.29, 0.717) is 11.1 Å². The van der Waals surface area contributed by atoms with Gasteiger partial charge in [0, 0.05) is 32.8 Å². The highest BCUT2D eigenvalue weighted by Gasteiger charge is 2.44. The third kappa shape index (κ3) is 6.75. The summed E-state index contributed by atoms with van der Waals surface area (Å²) in [6.07, 6.45) is 0. The fourth-order valence-corrected chi connectivity index (χ4v) is 14.2. The summed E-state index contributed by atoms with van der Waals surface area (Å²) in [5.74, 6) is 0. The van der Waals surface area contributed by atoms with Gasteiger partial charge in [-0.05, 0) is 117 Å². The van der Waals surface area contributed by atoms with Crippen molar-refractivity contribution in [2.75, 3.05) is 19.6 Å². The molecule has 386 valence electrons. The Morgan fingerprint density at radius 1 is 0.237 bits per heavy atom. The molecule has 10 aromatic rings. The smallest absolute Gasteiger partial charge is 0.101 e. The van der Waals surface area contributed by atoms with Crippen LogP contribution < -0.4 is 19.6 Å². The second-order valence-corrected chi connectivity index (χ2v) is 24.0. The Kier molecular flexibility index (Phi) is 10.6. The Bertz CT molecular complexity index is 3860. The standard InChI is InChI=1S/C74H60N6/c1-71(2)51-25-9-17-33-59(51)77(60-34-18-10-26-52(60)71)67-43-49(69(41-47(67)45-75)79-63-37-21-13-29-55(63)73(5,6)56-30-14-22-38-64(56)79)50-44-68(78-61-35-19-11-27-53(61)72(3,4)54-28-12-20-36-62(54)78)48(46-76)42-70(50)80-65-39-23-15-31-57(65)74(7,8)58-32-16-24-40-66(58)80/h9-44H,1-8H3. The second kappa shape index (κ2) is 17.4. The zero-order valence-electron chi connectivity index (χ0n) is 46.5. The molecule has 0 bridgehead atoms. The highest BCUT2D eigenvalue weighted by molar-refractivity contribution is 6.04. The van der Waals surface area contributed by atoms with Crippen molar-refractivity contribution in [3.05, 3.63) is 274 Å². The highest BCUT2D eigenvalue weighted by atomic mass is 15.2. The topological polar surface area (TPSA) is 60.5 Å². The molecule has 0 N–H and O–H groups in total. The van der Waals surface area contributed by atoms with Crippen LogP contribution >= 0.6 is 0 Å². The molecule has 4 heterocycles. The lowest BCUT2D eigenvalue weighted by molar-refractivity contribution is 0.631. The van der Waals surface area contributed by atoms with Crippen LogP contribution in [0.15, 0.2) is 218 Å². The van der Waals surface area contributed by atoms with Crippen LogP contribution in [0, 0.1) is 22.7 Å². The molecule has 0 saturated heterocycles. The number of hydrogen-bond acceptors (Lipinski definition) is 6. The van der Waals surface area contributed by atoms with E-state index < -0.39 is 0 Å². The molecule has 0 atom stereocenters. The van der Waals surface area contributed by atoms with Crippen LogP contribution in [-0.4, -0.2) is 0 Å². The fourth-order valence-electron chi connectivity index (χ4n) is 14.2. The maximum atomic E-state index is 11.9. The van der Waals surface area contributed by atoms with E-state index in [4.69, 9.17) is 0 Å². The van der Waals surface area contributed by atoms with Crippen molar-refractivity contribution in [1.82, 2.24) is 0 Å². The summed E-state index contributed by atoms with van der Waals surface area (Å²) in [7, 11) is 0. The lowest BCUT2D eigenvalue weighted by Gasteiger charge is -2.45. The summed E-state index contributed by atoms with van der Waals surface area (Å²) >= 11 is 0. The molecule has 0 radical (unpaired) electrons. The molecule has 4 aliphatic rings. The van der Waals surface area contributed by atoms with Crippen LogP contribution in [0.2, 0.25) is 0 Å². The van der Waals surface area contributed by atoms with Crippen LogP contribution in [0.5, 0.6) is 0 Å². The minimum atomic E-state index is -0.348. The first-order valence-corrected chi connectivity index (χ1v) is 27.8. The molecule has 0 aliphatic carbocycles. The maximum Gasteiger partial charge on any atom is 0.101 e. The van der Waals surface area contributed by atoms with Crippen molar-refractivity contribution in [2.45, 2.75) is 77.0 Å². The Labute approximate surface area is 470 Å². The molecular weight excluding hydrogens is 973 g/mol. The number of nitriles is 2. The van der Waals surface area contributed by atoms with E-state index in [9.17, 15) is 10.5 Å². The quantitative estimate of drug-likeness (QED) is 0.171. The number of rotatable bonds is 5. The fraction of sp³-hybridized carbons (Fsp3) is 0.162. The summed E-state index contributed by atoms with van der Waals surface area (Å²) in [5, 5.41) is 23.8. The zero-order chi connectivity index (χ0) is 55.0. The molecule has 0 unspecified atom stereocenters. The van der Waals surface area contributed by atoms with Crippen LogP contribution in [0.1, 0.15) is 111 Å².